The van der Waals surface area contributed by atoms with E-state index in [0.717, 1.165) is 39.7 Å². The van der Waals surface area contributed by atoms with E-state index >= 15 is 0 Å². The highest BCUT2D eigenvalue weighted by Crippen LogP contribution is 2.32. The number of amides is 1. The molecule has 0 aromatic heterocycles. The highest BCUT2D eigenvalue weighted by atomic mass is 127. The molecule has 0 spiro atoms. The van der Waals surface area contributed by atoms with Gasteiger partial charge in [0.2, 0.25) is 0 Å². The highest BCUT2D eigenvalue weighted by molar-refractivity contribution is 14.1. The van der Waals surface area contributed by atoms with E-state index in [0.29, 0.717) is 5.56 Å². The van der Waals surface area contributed by atoms with Gasteiger partial charge in [0, 0.05) is 21.1 Å². The number of nitrogens with zero attached hydrogens (tertiary/aromatic N) is 1. The van der Waals surface area contributed by atoms with Gasteiger partial charge in [0.25, 0.3) is 5.91 Å². The highest BCUT2D eigenvalue weighted by Gasteiger charge is 2.20. The van der Waals surface area contributed by atoms with Crippen LogP contribution in [0.4, 0.5) is 15.8 Å². The summed E-state index contributed by atoms with van der Waals surface area (Å²) in [6, 6.07) is 10.4. The van der Waals surface area contributed by atoms with Crippen molar-refractivity contribution in [3.63, 3.8) is 0 Å². The number of para-hydroxylation sites is 1. The molecule has 2 aromatic carbocycles. The van der Waals surface area contributed by atoms with Gasteiger partial charge in [-0.1, -0.05) is 22.0 Å². The van der Waals surface area contributed by atoms with Gasteiger partial charge < -0.3 is 10.2 Å². The molecule has 0 aliphatic carbocycles. The molecule has 0 atom stereocenters. The summed E-state index contributed by atoms with van der Waals surface area (Å²) in [5.74, 6) is -0.714. The number of halogens is 3. The molecule has 3 nitrogen and oxygen atoms in total. The molecule has 1 heterocycles. The minimum Gasteiger partial charge on any atom is -0.370 e. The van der Waals surface area contributed by atoms with E-state index in [1.807, 2.05) is 18.2 Å². The number of benzene rings is 2. The zero-order valence-corrected chi connectivity index (χ0v) is 16.0. The average molecular weight is 489 g/mol. The molecule has 0 saturated carbocycles. The number of hydrogen-bond donors (Lipinski definition) is 1. The quantitative estimate of drug-likeness (QED) is 0.613. The predicted molar refractivity (Wildman–Crippen MR) is 103 cm³/mol. The number of rotatable bonds is 3. The smallest absolute Gasteiger partial charge is 0.256 e. The number of hydrogen-bond acceptors (Lipinski definition) is 2. The van der Waals surface area contributed by atoms with Crippen LogP contribution in [0.25, 0.3) is 0 Å². The molecule has 3 rings (SSSR count). The molecule has 120 valence electrons. The van der Waals surface area contributed by atoms with E-state index in [1.165, 1.54) is 6.07 Å². The molecule has 2 aromatic rings. The van der Waals surface area contributed by atoms with Crippen LogP contribution in [0.15, 0.2) is 40.9 Å². The van der Waals surface area contributed by atoms with Crippen LogP contribution in [0.3, 0.4) is 0 Å². The van der Waals surface area contributed by atoms with Crippen LogP contribution < -0.4 is 10.2 Å². The molecule has 1 N–H and O–H groups in total. The summed E-state index contributed by atoms with van der Waals surface area (Å²) in [6.07, 6.45) is 2.18. The normalized spacial score (nSPS) is 14.1. The summed E-state index contributed by atoms with van der Waals surface area (Å²) >= 11 is 5.47. The van der Waals surface area contributed by atoms with E-state index in [-0.39, 0.29) is 11.6 Å². The van der Waals surface area contributed by atoms with E-state index in [9.17, 15) is 9.18 Å². The van der Waals surface area contributed by atoms with Gasteiger partial charge in [-0.3, -0.25) is 4.79 Å². The molecule has 0 unspecified atom stereocenters. The molecular formula is C17H15BrFIN2O. The summed E-state index contributed by atoms with van der Waals surface area (Å²) in [5, 5.41) is 2.76. The van der Waals surface area contributed by atoms with Crippen LogP contribution in [-0.2, 0) is 0 Å². The largest absolute Gasteiger partial charge is 0.370 e. The lowest BCUT2D eigenvalue weighted by atomic mass is 10.2. The molecule has 1 amide bonds. The molecular weight excluding hydrogens is 474 g/mol. The third-order valence-electron chi connectivity index (χ3n) is 3.85. The van der Waals surface area contributed by atoms with Crippen molar-refractivity contribution in [3.8, 4) is 0 Å². The second-order valence-corrected chi connectivity index (χ2v) is 7.48. The first-order valence-corrected chi connectivity index (χ1v) is 9.23. The van der Waals surface area contributed by atoms with Crippen molar-refractivity contribution in [2.24, 2.45) is 0 Å². The Bertz CT molecular complexity index is 747. The summed E-state index contributed by atoms with van der Waals surface area (Å²) in [6.45, 7) is 1.78. The van der Waals surface area contributed by atoms with Crippen LogP contribution in [0.2, 0.25) is 0 Å². The van der Waals surface area contributed by atoms with Gasteiger partial charge in [-0.25, -0.2) is 4.39 Å². The second kappa shape index (κ2) is 7.17. The van der Waals surface area contributed by atoms with Crippen molar-refractivity contribution in [1.29, 1.82) is 0 Å². The molecule has 1 aliphatic heterocycles. The van der Waals surface area contributed by atoms with E-state index in [4.69, 9.17) is 0 Å². The maximum absolute atomic E-state index is 14.3. The Hall–Kier alpha value is -1.15. The second-order valence-electron chi connectivity index (χ2n) is 5.41. The van der Waals surface area contributed by atoms with Gasteiger partial charge in [0.15, 0.2) is 0 Å². The molecule has 1 fully saturated rings. The Kier molecular flexibility index (Phi) is 5.21. The first-order chi connectivity index (χ1) is 11.1. The molecule has 1 saturated heterocycles. The molecule has 23 heavy (non-hydrogen) atoms. The minimum absolute atomic E-state index is 0.259. The minimum atomic E-state index is -0.409. The van der Waals surface area contributed by atoms with Crippen LogP contribution in [-0.4, -0.2) is 19.0 Å². The fourth-order valence-corrected chi connectivity index (χ4v) is 3.65. The molecule has 0 bridgehead atoms. The SMILES string of the molecule is O=C(Nc1c(F)cccc1N1CCCC1)c1cc(Br)ccc1I. The van der Waals surface area contributed by atoms with E-state index in [1.54, 1.807) is 12.1 Å². The topological polar surface area (TPSA) is 32.3 Å². The van der Waals surface area contributed by atoms with Gasteiger partial charge in [0.1, 0.15) is 11.5 Å². The average Bonchev–Trinajstić information content (AvgIpc) is 3.05. The summed E-state index contributed by atoms with van der Waals surface area (Å²) in [5.41, 5.74) is 1.53. The zero-order valence-electron chi connectivity index (χ0n) is 12.3. The van der Waals surface area contributed by atoms with E-state index in [2.05, 4.69) is 48.7 Å². The van der Waals surface area contributed by atoms with Gasteiger partial charge >= 0.3 is 0 Å². The van der Waals surface area contributed by atoms with Crippen LogP contribution in [0.1, 0.15) is 23.2 Å². The van der Waals surface area contributed by atoms with Crippen molar-refractivity contribution >= 4 is 55.8 Å². The number of nitrogens with one attached hydrogen (secondary N) is 1. The lowest BCUT2D eigenvalue weighted by Gasteiger charge is -2.22. The van der Waals surface area contributed by atoms with Crippen molar-refractivity contribution in [1.82, 2.24) is 0 Å². The van der Waals surface area contributed by atoms with Gasteiger partial charge in [0.05, 0.1) is 11.3 Å². The van der Waals surface area contributed by atoms with Gasteiger partial charge in [-0.2, -0.15) is 0 Å². The standard InChI is InChI=1S/C17H15BrFIN2O/c18-11-6-7-14(20)12(10-11)17(23)21-16-13(19)4-3-5-15(16)22-8-1-2-9-22/h3-7,10H,1-2,8-9H2,(H,21,23). The summed E-state index contributed by atoms with van der Waals surface area (Å²) < 4.78 is 15.9. The van der Waals surface area contributed by atoms with Gasteiger partial charge in [-0.05, 0) is 65.8 Å². The first kappa shape index (κ1) is 16.7. The molecule has 0 radical (unpaired) electrons. The van der Waals surface area contributed by atoms with Crippen molar-refractivity contribution in [3.05, 3.63) is 55.8 Å². The number of carbonyl (C=O) groups excluding carboxylic acids is 1. The summed E-state index contributed by atoms with van der Waals surface area (Å²) in [7, 11) is 0. The Morgan fingerprint density at radius 1 is 1.22 bits per heavy atom. The van der Waals surface area contributed by atoms with E-state index < -0.39 is 5.82 Å². The summed E-state index contributed by atoms with van der Waals surface area (Å²) in [4.78, 5) is 14.7. The van der Waals surface area contributed by atoms with Crippen molar-refractivity contribution in [2.45, 2.75) is 12.8 Å². The zero-order chi connectivity index (χ0) is 16.4. The van der Waals surface area contributed by atoms with Crippen LogP contribution in [0.5, 0.6) is 0 Å². The maximum Gasteiger partial charge on any atom is 0.256 e. The van der Waals surface area contributed by atoms with Crippen LogP contribution in [0, 0.1) is 9.39 Å². The predicted octanol–water partition coefficient (Wildman–Crippen LogP) is 5.05. The Morgan fingerprint density at radius 2 is 1.96 bits per heavy atom. The maximum atomic E-state index is 14.3. The van der Waals surface area contributed by atoms with Crippen molar-refractivity contribution < 1.29 is 9.18 Å². The number of carbonyl (C=O) groups is 1. The third-order valence-corrected chi connectivity index (χ3v) is 5.28. The monoisotopic (exact) mass is 488 g/mol. The Morgan fingerprint density at radius 3 is 2.70 bits per heavy atom. The molecule has 6 heteroatoms. The first-order valence-electron chi connectivity index (χ1n) is 7.36. The lowest BCUT2D eigenvalue weighted by molar-refractivity contribution is 0.102. The Labute approximate surface area is 156 Å². The van der Waals surface area contributed by atoms with Crippen molar-refractivity contribution in [2.75, 3.05) is 23.3 Å². The fraction of sp³-hybridized carbons (Fsp3) is 0.235. The molecule has 1 aliphatic rings. The Balaban J connectivity index is 1.93. The third kappa shape index (κ3) is 3.68. The fourth-order valence-electron chi connectivity index (χ4n) is 2.71. The van der Waals surface area contributed by atoms with Crippen LogP contribution >= 0.6 is 38.5 Å². The lowest BCUT2D eigenvalue weighted by Crippen LogP contribution is -2.22. The van der Waals surface area contributed by atoms with Gasteiger partial charge in [-0.15, -0.1) is 0 Å². The number of anilines is 2.